The fraction of sp³-hybridized carbons (Fsp3) is 0.417. The van der Waals surface area contributed by atoms with Crippen LogP contribution < -0.4 is 9.62 Å². The number of halogens is 4. The van der Waals surface area contributed by atoms with Crippen LogP contribution in [0.2, 0.25) is 0 Å². The Labute approximate surface area is 287 Å². The summed E-state index contributed by atoms with van der Waals surface area (Å²) >= 11 is 1.61. The maximum Gasteiger partial charge on any atom is 0.416 e. The van der Waals surface area contributed by atoms with E-state index < -0.39 is 29.4 Å². The van der Waals surface area contributed by atoms with Crippen molar-refractivity contribution in [3.05, 3.63) is 83.4 Å². The molecule has 0 bridgehead atoms. The Bertz CT molecular complexity index is 1780. The second kappa shape index (κ2) is 15.2. The minimum Gasteiger partial charge on any atom is -0.483 e. The Morgan fingerprint density at radius 2 is 1.78 bits per heavy atom. The van der Waals surface area contributed by atoms with Crippen molar-refractivity contribution in [3.63, 3.8) is 0 Å². The number of nitrogens with one attached hydrogen (secondary N) is 1. The molecule has 3 unspecified atom stereocenters. The smallest absolute Gasteiger partial charge is 0.416 e. The SMILES string of the molecule is Cc1nc2cc(SN(C)c3ccc(C4CC(OC5CCC5)CC(C(=O)Nc5ccc(C(F)(F)F)cc5F)[C@@H]4C)cc3)ccc2n1C.O=CO. The summed E-state index contributed by atoms with van der Waals surface area (Å²) in [6, 6.07) is 16.8. The number of aryl methyl sites for hydroxylation is 2. The van der Waals surface area contributed by atoms with Crippen LogP contribution in [0.1, 0.15) is 61.9 Å². The summed E-state index contributed by atoms with van der Waals surface area (Å²) in [6.45, 7) is 3.76. The number of rotatable bonds is 8. The van der Waals surface area contributed by atoms with Gasteiger partial charge in [-0.15, -0.1) is 0 Å². The third-order valence-corrected chi connectivity index (χ3v) is 10.6. The number of carboxylic acid groups (broad SMARTS) is 1. The van der Waals surface area contributed by atoms with Crippen molar-refractivity contribution in [2.75, 3.05) is 16.7 Å². The molecule has 4 aromatic rings. The van der Waals surface area contributed by atoms with Gasteiger partial charge in [0, 0.05) is 30.6 Å². The first-order chi connectivity index (χ1) is 23.3. The van der Waals surface area contributed by atoms with Gasteiger partial charge in [-0.05, 0) is 117 Å². The molecule has 6 rings (SSSR count). The van der Waals surface area contributed by atoms with E-state index >= 15 is 0 Å². The van der Waals surface area contributed by atoms with Gasteiger partial charge in [0.25, 0.3) is 6.47 Å². The van der Waals surface area contributed by atoms with E-state index in [1.165, 1.54) is 0 Å². The quantitative estimate of drug-likeness (QED) is 0.108. The highest BCUT2D eigenvalue weighted by Gasteiger charge is 2.41. The van der Waals surface area contributed by atoms with Crippen molar-refractivity contribution in [1.29, 1.82) is 0 Å². The van der Waals surface area contributed by atoms with Gasteiger partial charge in [-0.3, -0.25) is 9.59 Å². The fourth-order valence-corrected chi connectivity index (χ4v) is 7.40. The van der Waals surface area contributed by atoms with Crippen LogP contribution in [-0.2, 0) is 27.5 Å². The van der Waals surface area contributed by atoms with Crippen LogP contribution in [0.4, 0.5) is 28.9 Å². The highest BCUT2D eigenvalue weighted by atomic mass is 32.2. The standard InChI is InChI=1S/C35H38F4N4O2S.CH2O2/c1-20-28(22-8-11-24(12-9-22)43(4)46-27-13-15-33-32(19-27)40-21(2)42(33)3)17-26(45-25-6-5-7-25)18-29(20)34(44)41-31-14-10-23(16-30(31)36)35(37,38)39;2-1-3/h8-16,19-20,25-26,28-29H,5-7,17-18H2,1-4H3,(H,41,44);1H,(H,2,3)/t20-,26?,28?,29?;/m1./s1. The van der Waals surface area contributed by atoms with Gasteiger partial charge < -0.3 is 24.0 Å². The minimum absolute atomic E-state index is 0.00819. The van der Waals surface area contributed by atoms with Gasteiger partial charge in [-0.2, -0.15) is 13.2 Å². The summed E-state index contributed by atoms with van der Waals surface area (Å²) in [7, 11) is 4.02. The van der Waals surface area contributed by atoms with E-state index in [1.807, 2.05) is 27.9 Å². The maximum absolute atomic E-state index is 14.6. The van der Waals surface area contributed by atoms with Crippen molar-refractivity contribution < 1.29 is 37.0 Å². The average molecular weight is 701 g/mol. The van der Waals surface area contributed by atoms with Crippen molar-refractivity contribution in [2.24, 2.45) is 18.9 Å². The van der Waals surface area contributed by atoms with Gasteiger partial charge in [-0.25, -0.2) is 9.37 Å². The minimum atomic E-state index is -4.67. The molecule has 0 aliphatic heterocycles. The maximum atomic E-state index is 14.6. The number of imidazole rings is 1. The normalized spacial score (nSPS) is 21.0. The number of hydrogen-bond donors (Lipinski definition) is 2. The number of anilines is 2. The number of carbonyl (C=O) groups excluding carboxylic acids is 1. The predicted molar refractivity (Wildman–Crippen MR) is 182 cm³/mol. The number of amides is 1. The first kappa shape index (κ1) is 36.2. The monoisotopic (exact) mass is 700 g/mol. The van der Waals surface area contributed by atoms with Crippen molar-refractivity contribution in [3.8, 4) is 0 Å². The second-order valence-corrected chi connectivity index (χ2v) is 13.9. The lowest BCUT2D eigenvalue weighted by atomic mass is 9.68. The number of carbonyl (C=O) groups is 2. The zero-order valence-electron chi connectivity index (χ0n) is 27.7. The molecule has 4 atom stereocenters. The molecule has 262 valence electrons. The Hall–Kier alpha value is -4.10. The summed E-state index contributed by atoms with van der Waals surface area (Å²) < 4.78 is 64.3. The summed E-state index contributed by atoms with van der Waals surface area (Å²) in [5.74, 6) is -1.17. The van der Waals surface area contributed by atoms with Crippen LogP contribution in [-0.4, -0.2) is 46.3 Å². The number of aromatic nitrogens is 2. The Morgan fingerprint density at radius 3 is 2.39 bits per heavy atom. The van der Waals surface area contributed by atoms with Gasteiger partial charge in [0.05, 0.1) is 34.5 Å². The number of hydrogen-bond acceptors (Lipinski definition) is 6. The molecule has 13 heteroatoms. The molecule has 2 fully saturated rings. The molecule has 0 radical (unpaired) electrons. The lowest BCUT2D eigenvalue weighted by Crippen LogP contribution is -2.42. The van der Waals surface area contributed by atoms with Crippen LogP contribution >= 0.6 is 11.9 Å². The molecule has 0 saturated heterocycles. The molecular weight excluding hydrogens is 660 g/mol. The van der Waals surface area contributed by atoms with Gasteiger partial charge in [0.15, 0.2) is 0 Å². The molecule has 2 N–H and O–H groups in total. The summed E-state index contributed by atoms with van der Waals surface area (Å²) in [4.78, 5) is 27.6. The predicted octanol–water partition coefficient (Wildman–Crippen LogP) is 8.59. The molecule has 3 aromatic carbocycles. The van der Waals surface area contributed by atoms with E-state index in [4.69, 9.17) is 14.6 Å². The van der Waals surface area contributed by atoms with Crippen molar-refractivity contribution >= 4 is 46.7 Å². The molecule has 1 aromatic heterocycles. The largest absolute Gasteiger partial charge is 0.483 e. The lowest BCUT2D eigenvalue weighted by molar-refractivity contribution is -0.137. The van der Waals surface area contributed by atoms with Crippen LogP contribution in [0.5, 0.6) is 0 Å². The molecular formula is C36H40F4N4O4S. The second-order valence-electron chi connectivity index (χ2n) is 12.7. The van der Waals surface area contributed by atoms with E-state index in [0.29, 0.717) is 12.5 Å². The highest BCUT2D eigenvalue weighted by molar-refractivity contribution is 8.00. The van der Waals surface area contributed by atoms with E-state index in [2.05, 4.69) is 61.6 Å². The molecule has 1 amide bonds. The number of ether oxygens (including phenoxy) is 1. The van der Waals surface area contributed by atoms with Gasteiger partial charge in [0.2, 0.25) is 5.91 Å². The summed E-state index contributed by atoms with van der Waals surface area (Å²) in [6.07, 6.45) is -0.303. The van der Waals surface area contributed by atoms with Crippen LogP contribution in [0.25, 0.3) is 11.0 Å². The zero-order chi connectivity index (χ0) is 35.5. The molecule has 2 saturated carbocycles. The molecule has 1 heterocycles. The van der Waals surface area contributed by atoms with Crippen LogP contribution in [0.3, 0.4) is 0 Å². The molecule has 8 nitrogen and oxygen atoms in total. The fourth-order valence-electron chi connectivity index (χ4n) is 6.57. The topological polar surface area (TPSA) is 96.7 Å². The third-order valence-electron chi connectivity index (χ3n) is 9.63. The van der Waals surface area contributed by atoms with E-state index in [1.54, 1.807) is 11.9 Å². The van der Waals surface area contributed by atoms with Crippen molar-refractivity contribution in [2.45, 2.75) is 75.1 Å². The summed E-state index contributed by atoms with van der Waals surface area (Å²) in [5.41, 5.74) is 2.79. The van der Waals surface area contributed by atoms with E-state index in [0.717, 1.165) is 70.8 Å². The number of fused-ring (bicyclic) bond motifs is 1. The van der Waals surface area contributed by atoms with Crippen LogP contribution in [0, 0.1) is 24.6 Å². The van der Waals surface area contributed by atoms with E-state index in [-0.39, 0.29) is 36.2 Å². The first-order valence-electron chi connectivity index (χ1n) is 16.1. The molecule has 49 heavy (non-hydrogen) atoms. The molecule has 2 aliphatic carbocycles. The number of alkyl halides is 3. The third kappa shape index (κ3) is 8.38. The zero-order valence-corrected chi connectivity index (χ0v) is 28.5. The van der Waals surface area contributed by atoms with Crippen LogP contribution in [0.15, 0.2) is 65.6 Å². The van der Waals surface area contributed by atoms with E-state index in [9.17, 15) is 22.4 Å². The highest BCUT2D eigenvalue weighted by Crippen LogP contribution is 2.45. The number of benzene rings is 3. The Balaban J connectivity index is 0.00000151. The first-order valence-corrected chi connectivity index (χ1v) is 16.9. The molecule has 2 aliphatic rings. The lowest BCUT2D eigenvalue weighted by Gasteiger charge is -2.42. The van der Waals surface area contributed by atoms with Gasteiger partial charge >= 0.3 is 6.18 Å². The van der Waals surface area contributed by atoms with Gasteiger partial charge in [-0.1, -0.05) is 19.1 Å². The number of nitrogens with zero attached hydrogens (tertiary/aromatic N) is 3. The van der Waals surface area contributed by atoms with Gasteiger partial charge in [0.1, 0.15) is 11.6 Å². The summed E-state index contributed by atoms with van der Waals surface area (Å²) in [5, 5.41) is 9.46. The van der Waals surface area contributed by atoms with Crippen molar-refractivity contribution in [1.82, 2.24) is 9.55 Å². The average Bonchev–Trinajstić information content (AvgIpc) is 3.32. The Morgan fingerprint density at radius 1 is 1.08 bits per heavy atom. The molecule has 0 spiro atoms. The Kier molecular flexibility index (Phi) is 11.2.